The number of nitrogens with zero attached hydrogens (tertiary/aromatic N) is 2. The molecule has 0 atom stereocenters. The molecule has 0 saturated carbocycles. The van der Waals surface area contributed by atoms with Gasteiger partial charge < -0.3 is 15.4 Å². The van der Waals surface area contributed by atoms with E-state index in [1.807, 2.05) is 13.8 Å². The average Bonchev–Trinajstić information content (AvgIpc) is 2.53. The number of carbonyl (C=O) groups excluding carboxylic acids is 2. The summed E-state index contributed by atoms with van der Waals surface area (Å²) in [7, 11) is 1.31. The number of nitrogens with one attached hydrogen (secondary N) is 2. The summed E-state index contributed by atoms with van der Waals surface area (Å²) < 4.78 is 4.67. The molecule has 7 nitrogen and oxygen atoms in total. The predicted molar refractivity (Wildman–Crippen MR) is 91.3 cm³/mol. The zero-order valence-corrected chi connectivity index (χ0v) is 14.1. The van der Waals surface area contributed by atoms with Gasteiger partial charge in [0.25, 0.3) is 5.91 Å². The third-order valence-corrected chi connectivity index (χ3v) is 3.05. The van der Waals surface area contributed by atoms with Crippen LogP contribution in [0.5, 0.6) is 0 Å². The normalized spacial score (nSPS) is 10.4. The molecule has 1 heterocycles. The molecule has 2 rings (SSSR count). The maximum absolute atomic E-state index is 12.4. The largest absolute Gasteiger partial charge is 0.465 e. The lowest BCUT2D eigenvalue weighted by molar-refractivity contribution is 0.0600. The molecule has 1 aromatic carbocycles. The van der Waals surface area contributed by atoms with Crippen molar-refractivity contribution < 1.29 is 14.3 Å². The van der Waals surface area contributed by atoms with Crippen molar-refractivity contribution >= 4 is 23.4 Å². The Morgan fingerprint density at radius 3 is 2.58 bits per heavy atom. The maximum Gasteiger partial charge on any atom is 0.337 e. The van der Waals surface area contributed by atoms with Gasteiger partial charge in [0.1, 0.15) is 17.3 Å². The van der Waals surface area contributed by atoms with Crippen LogP contribution in [0.25, 0.3) is 0 Å². The Kier molecular flexibility index (Phi) is 5.47. The van der Waals surface area contributed by atoms with E-state index in [2.05, 4.69) is 25.3 Å². The number of benzene rings is 1. The van der Waals surface area contributed by atoms with Gasteiger partial charge in [-0.1, -0.05) is 6.07 Å². The van der Waals surface area contributed by atoms with Crippen molar-refractivity contribution in [3.63, 3.8) is 0 Å². The van der Waals surface area contributed by atoms with Gasteiger partial charge in [-0.25, -0.2) is 14.8 Å². The summed E-state index contributed by atoms with van der Waals surface area (Å²) in [6, 6.07) is 8.29. The van der Waals surface area contributed by atoms with Gasteiger partial charge in [0, 0.05) is 17.8 Å². The smallest absolute Gasteiger partial charge is 0.337 e. The molecule has 2 aromatic rings. The SMILES string of the molecule is COC(=O)c1cccc(NC(=O)c2cc(NC(C)C)nc(C)n2)c1. The van der Waals surface area contributed by atoms with Gasteiger partial charge in [-0.2, -0.15) is 0 Å². The molecule has 0 unspecified atom stereocenters. The van der Waals surface area contributed by atoms with Gasteiger partial charge in [-0.3, -0.25) is 4.79 Å². The number of aryl methyl sites for hydroxylation is 1. The van der Waals surface area contributed by atoms with Crippen LogP contribution in [0, 0.1) is 6.92 Å². The molecule has 24 heavy (non-hydrogen) atoms. The molecule has 0 aliphatic heterocycles. The molecule has 0 aliphatic carbocycles. The van der Waals surface area contributed by atoms with Crippen LogP contribution in [0.4, 0.5) is 11.5 Å². The fourth-order valence-electron chi connectivity index (χ4n) is 2.09. The van der Waals surface area contributed by atoms with Crippen molar-refractivity contribution in [3.8, 4) is 0 Å². The lowest BCUT2D eigenvalue weighted by Crippen LogP contribution is -2.17. The van der Waals surface area contributed by atoms with Crippen LogP contribution in [0.1, 0.15) is 40.5 Å². The number of carbonyl (C=O) groups is 2. The Hall–Kier alpha value is -2.96. The second-order valence-electron chi connectivity index (χ2n) is 5.51. The third-order valence-electron chi connectivity index (χ3n) is 3.05. The van der Waals surface area contributed by atoms with Crippen molar-refractivity contribution in [1.29, 1.82) is 0 Å². The van der Waals surface area contributed by atoms with Crippen LogP contribution in [0.2, 0.25) is 0 Å². The van der Waals surface area contributed by atoms with E-state index in [0.29, 0.717) is 22.9 Å². The summed E-state index contributed by atoms with van der Waals surface area (Å²) in [4.78, 5) is 32.4. The minimum atomic E-state index is -0.465. The van der Waals surface area contributed by atoms with Crippen LogP contribution in [-0.4, -0.2) is 35.0 Å². The fourth-order valence-corrected chi connectivity index (χ4v) is 2.09. The molecule has 0 bridgehead atoms. The number of esters is 1. The van der Waals surface area contributed by atoms with Crippen LogP contribution in [0.15, 0.2) is 30.3 Å². The van der Waals surface area contributed by atoms with Gasteiger partial charge in [0.15, 0.2) is 0 Å². The molecule has 1 amide bonds. The molecule has 2 N–H and O–H groups in total. The van der Waals surface area contributed by atoms with Crippen molar-refractivity contribution in [2.24, 2.45) is 0 Å². The Morgan fingerprint density at radius 2 is 1.92 bits per heavy atom. The molecule has 0 fully saturated rings. The zero-order valence-electron chi connectivity index (χ0n) is 14.1. The quantitative estimate of drug-likeness (QED) is 0.820. The zero-order chi connectivity index (χ0) is 17.7. The van der Waals surface area contributed by atoms with Gasteiger partial charge in [0.2, 0.25) is 0 Å². The number of ether oxygens (including phenoxy) is 1. The van der Waals surface area contributed by atoms with Crippen molar-refractivity contribution in [3.05, 3.63) is 47.4 Å². The van der Waals surface area contributed by atoms with E-state index in [0.717, 1.165) is 0 Å². The molecule has 126 valence electrons. The second-order valence-corrected chi connectivity index (χ2v) is 5.51. The molecular formula is C17H20N4O3. The number of rotatable bonds is 5. The van der Waals surface area contributed by atoms with Crippen LogP contribution in [-0.2, 0) is 4.74 Å². The average molecular weight is 328 g/mol. The molecule has 0 spiro atoms. The molecule has 1 aromatic heterocycles. The van der Waals surface area contributed by atoms with Gasteiger partial charge >= 0.3 is 5.97 Å². The highest BCUT2D eigenvalue weighted by atomic mass is 16.5. The molecule has 0 saturated heterocycles. The van der Waals surface area contributed by atoms with Crippen LogP contribution < -0.4 is 10.6 Å². The fraction of sp³-hybridized carbons (Fsp3) is 0.294. The minimum absolute atomic E-state index is 0.187. The summed E-state index contributed by atoms with van der Waals surface area (Å²) in [5, 5.41) is 5.86. The summed E-state index contributed by atoms with van der Waals surface area (Å²) in [5.41, 5.74) is 1.09. The summed E-state index contributed by atoms with van der Waals surface area (Å²) in [6.07, 6.45) is 0. The highest BCUT2D eigenvalue weighted by Gasteiger charge is 2.13. The first-order chi connectivity index (χ1) is 11.4. The minimum Gasteiger partial charge on any atom is -0.465 e. The highest BCUT2D eigenvalue weighted by molar-refractivity contribution is 6.04. The first kappa shape index (κ1) is 17.4. The van der Waals surface area contributed by atoms with E-state index in [1.54, 1.807) is 37.3 Å². The maximum atomic E-state index is 12.4. The number of hydrogen-bond donors (Lipinski definition) is 2. The monoisotopic (exact) mass is 328 g/mol. The second kappa shape index (κ2) is 7.54. The van der Waals surface area contributed by atoms with Crippen molar-refractivity contribution in [2.75, 3.05) is 17.7 Å². The topological polar surface area (TPSA) is 93.2 Å². The van der Waals surface area contributed by atoms with E-state index in [1.165, 1.54) is 7.11 Å². The standard InChI is InChI=1S/C17H20N4O3/c1-10(2)18-15-9-14(19-11(3)20-15)16(22)21-13-7-5-6-12(8-13)17(23)24-4/h5-10H,1-4H3,(H,21,22)(H,18,19,20). The van der Waals surface area contributed by atoms with E-state index >= 15 is 0 Å². The van der Waals surface area contributed by atoms with E-state index in [-0.39, 0.29) is 17.6 Å². The van der Waals surface area contributed by atoms with Crippen LogP contribution in [0.3, 0.4) is 0 Å². The number of aromatic nitrogens is 2. The number of amides is 1. The van der Waals surface area contributed by atoms with E-state index in [4.69, 9.17) is 0 Å². The van der Waals surface area contributed by atoms with Gasteiger partial charge in [0.05, 0.1) is 12.7 Å². The Balaban J connectivity index is 2.21. The lowest BCUT2D eigenvalue weighted by atomic mass is 10.2. The third kappa shape index (κ3) is 4.52. The Bertz CT molecular complexity index is 759. The van der Waals surface area contributed by atoms with Crippen molar-refractivity contribution in [2.45, 2.75) is 26.8 Å². The first-order valence-electron chi connectivity index (χ1n) is 7.51. The Morgan fingerprint density at radius 1 is 1.17 bits per heavy atom. The van der Waals surface area contributed by atoms with E-state index < -0.39 is 5.97 Å². The first-order valence-corrected chi connectivity index (χ1v) is 7.51. The summed E-state index contributed by atoms with van der Waals surface area (Å²) >= 11 is 0. The van der Waals surface area contributed by atoms with Gasteiger partial charge in [-0.15, -0.1) is 0 Å². The number of methoxy groups -OCH3 is 1. The molecule has 0 aliphatic rings. The molecule has 0 radical (unpaired) electrons. The number of anilines is 2. The highest BCUT2D eigenvalue weighted by Crippen LogP contribution is 2.14. The Labute approximate surface area is 140 Å². The lowest BCUT2D eigenvalue weighted by Gasteiger charge is -2.11. The number of hydrogen-bond acceptors (Lipinski definition) is 6. The summed E-state index contributed by atoms with van der Waals surface area (Å²) in [5.74, 6) is 0.238. The molecular weight excluding hydrogens is 308 g/mol. The molecule has 7 heteroatoms. The van der Waals surface area contributed by atoms with Crippen molar-refractivity contribution in [1.82, 2.24) is 9.97 Å². The van der Waals surface area contributed by atoms with E-state index in [9.17, 15) is 9.59 Å². The van der Waals surface area contributed by atoms with Gasteiger partial charge in [-0.05, 0) is 39.0 Å². The summed E-state index contributed by atoms with van der Waals surface area (Å²) in [6.45, 7) is 5.69. The van der Waals surface area contributed by atoms with Crippen LogP contribution >= 0.6 is 0 Å². The predicted octanol–water partition coefficient (Wildman–Crippen LogP) is 2.64.